The standard InChI is InChI=1S/C13H13BrN4O/c1-3-11-9(6-8(2)17-18-11)13(19)16-12-4-5-15-7-10(12)14/h4-7H,3H2,1-2H3,(H,15,16,19). The van der Waals surface area contributed by atoms with Crippen molar-refractivity contribution in [3.63, 3.8) is 0 Å². The Bertz CT molecular complexity index is 615. The SMILES string of the molecule is CCc1nnc(C)cc1C(=O)Nc1ccncc1Br. The maximum absolute atomic E-state index is 12.3. The second-order valence-electron chi connectivity index (χ2n) is 4.01. The zero-order valence-corrected chi connectivity index (χ0v) is 12.2. The van der Waals surface area contributed by atoms with Crippen LogP contribution in [0.3, 0.4) is 0 Å². The molecular weight excluding hydrogens is 308 g/mol. The van der Waals surface area contributed by atoms with E-state index in [1.54, 1.807) is 24.5 Å². The normalized spacial score (nSPS) is 10.3. The molecule has 1 N–H and O–H groups in total. The lowest BCUT2D eigenvalue weighted by atomic mass is 10.1. The third kappa shape index (κ3) is 3.14. The van der Waals surface area contributed by atoms with Gasteiger partial charge in [0.2, 0.25) is 0 Å². The van der Waals surface area contributed by atoms with Crippen LogP contribution in [0.15, 0.2) is 29.0 Å². The van der Waals surface area contributed by atoms with E-state index in [0.29, 0.717) is 23.4 Å². The molecule has 0 saturated heterocycles. The molecule has 0 aromatic carbocycles. The molecule has 0 fully saturated rings. The Kier molecular flexibility index (Phi) is 4.21. The maximum Gasteiger partial charge on any atom is 0.257 e. The van der Waals surface area contributed by atoms with Crippen LogP contribution < -0.4 is 5.32 Å². The van der Waals surface area contributed by atoms with Crippen LogP contribution in [0.1, 0.15) is 28.7 Å². The monoisotopic (exact) mass is 320 g/mol. The van der Waals surface area contributed by atoms with Crippen LogP contribution in [0.25, 0.3) is 0 Å². The van der Waals surface area contributed by atoms with Crippen molar-refractivity contribution in [2.24, 2.45) is 0 Å². The van der Waals surface area contributed by atoms with Crippen molar-refractivity contribution in [1.29, 1.82) is 0 Å². The van der Waals surface area contributed by atoms with E-state index in [9.17, 15) is 4.79 Å². The molecule has 19 heavy (non-hydrogen) atoms. The minimum Gasteiger partial charge on any atom is -0.321 e. The van der Waals surface area contributed by atoms with E-state index in [1.807, 2.05) is 13.8 Å². The summed E-state index contributed by atoms with van der Waals surface area (Å²) in [4.78, 5) is 16.2. The number of pyridine rings is 1. The third-order valence-electron chi connectivity index (χ3n) is 2.59. The molecule has 6 heteroatoms. The van der Waals surface area contributed by atoms with E-state index in [2.05, 4.69) is 36.4 Å². The first kappa shape index (κ1) is 13.6. The van der Waals surface area contributed by atoms with Gasteiger partial charge in [-0.05, 0) is 41.4 Å². The number of aromatic nitrogens is 3. The molecule has 2 rings (SSSR count). The largest absolute Gasteiger partial charge is 0.321 e. The van der Waals surface area contributed by atoms with E-state index in [4.69, 9.17) is 0 Å². The lowest BCUT2D eigenvalue weighted by Crippen LogP contribution is -2.16. The Morgan fingerprint density at radius 3 is 2.89 bits per heavy atom. The first-order valence-electron chi connectivity index (χ1n) is 5.86. The third-order valence-corrected chi connectivity index (χ3v) is 3.22. The Hall–Kier alpha value is -1.82. The van der Waals surface area contributed by atoms with Crippen molar-refractivity contribution in [1.82, 2.24) is 15.2 Å². The molecule has 0 spiro atoms. The van der Waals surface area contributed by atoms with Crippen LogP contribution in [0, 0.1) is 6.92 Å². The van der Waals surface area contributed by atoms with Crippen LogP contribution in [0.5, 0.6) is 0 Å². The Balaban J connectivity index is 2.30. The lowest BCUT2D eigenvalue weighted by molar-refractivity contribution is 0.102. The summed E-state index contributed by atoms with van der Waals surface area (Å²) in [6.07, 6.45) is 3.91. The van der Waals surface area contributed by atoms with Gasteiger partial charge in [-0.1, -0.05) is 6.92 Å². The number of nitrogens with zero attached hydrogens (tertiary/aromatic N) is 3. The molecule has 0 bridgehead atoms. The first-order chi connectivity index (χ1) is 9.11. The summed E-state index contributed by atoms with van der Waals surface area (Å²) in [5, 5.41) is 10.9. The van der Waals surface area contributed by atoms with Crippen molar-refractivity contribution in [3.8, 4) is 0 Å². The predicted octanol–water partition coefficient (Wildman–Crippen LogP) is 2.76. The molecule has 1 amide bonds. The van der Waals surface area contributed by atoms with Crippen LogP contribution in [-0.4, -0.2) is 21.1 Å². The van der Waals surface area contributed by atoms with Gasteiger partial charge in [-0.15, -0.1) is 0 Å². The highest BCUT2D eigenvalue weighted by Crippen LogP contribution is 2.21. The van der Waals surface area contributed by atoms with Gasteiger partial charge in [-0.2, -0.15) is 10.2 Å². The maximum atomic E-state index is 12.3. The van der Waals surface area contributed by atoms with Crippen molar-refractivity contribution in [2.45, 2.75) is 20.3 Å². The highest BCUT2D eigenvalue weighted by Gasteiger charge is 2.14. The van der Waals surface area contributed by atoms with Crippen molar-refractivity contribution >= 4 is 27.5 Å². The zero-order chi connectivity index (χ0) is 13.8. The average molecular weight is 321 g/mol. The molecule has 5 nitrogen and oxygen atoms in total. The molecule has 0 unspecified atom stereocenters. The van der Waals surface area contributed by atoms with Crippen LogP contribution >= 0.6 is 15.9 Å². The molecule has 0 aliphatic heterocycles. The molecule has 0 atom stereocenters. The van der Waals surface area contributed by atoms with Gasteiger partial charge in [0.15, 0.2) is 0 Å². The second kappa shape index (κ2) is 5.88. The highest BCUT2D eigenvalue weighted by molar-refractivity contribution is 9.10. The number of halogens is 1. The summed E-state index contributed by atoms with van der Waals surface area (Å²) >= 11 is 3.34. The average Bonchev–Trinajstić information content (AvgIpc) is 2.41. The number of hydrogen-bond donors (Lipinski definition) is 1. The smallest absolute Gasteiger partial charge is 0.257 e. The molecule has 2 heterocycles. The molecular formula is C13H13BrN4O. The zero-order valence-electron chi connectivity index (χ0n) is 10.6. The van der Waals surface area contributed by atoms with E-state index in [-0.39, 0.29) is 5.91 Å². The summed E-state index contributed by atoms with van der Waals surface area (Å²) in [7, 11) is 0. The number of anilines is 1. The summed E-state index contributed by atoms with van der Waals surface area (Å²) < 4.78 is 0.736. The number of carbonyl (C=O) groups is 1. The summed E-state index contributed by atoms with van der Waals surface area (Å²) in [6.45, 7) is 3.75. The number of hydrogen-bond acceptors (Lipinski definition) is 4. The topological polar surface area (TPSA) is 67.8 Å². The fourth-order valence-corrected chi connectivity index (χ4v) is 1.99. The summed E-state index contributed by atoms with van der Waals surface area (Å²) in [5.41, 5.74) is 2.64. The Morgan fingerprint density at radius 1 is 1.42 bits per heavy atom. The van der Waals surface area contributed by atoms with Gasteiger partial charge in [0, 0.05) is 12.4 Å². The quantitative estimate of drug-likeness (QED) is 0.944. The highest BCUT2D eigenvalue weighted by atomic mass is 79.9. The number of aryl methyl sites for hydroxylation is 2. The first-order valence-corrected chi connectivity index (χ1v) is 6.65. The Morgan fingerprint density at radius 2 is 2.21 bits per heavy atom. The van der Waals surface area contributed by atoms with Gasteiger partial charge in [-0.3, -0.25) is 9.78 Å². The molecule has 0 radical (unpaired) electrons. The Labute approximate surface area is 119 Å². The number of amides is 1. The number of nitrogens with one attached hydrogen (secondary N) is 1. The summed E-state index contributed by atoms with van der Waals surface area (Å²) in [5.74, 6) is -0.193. The van der Waals surface area contributed by atoms with E-state index < -0.39 is 0 Å². The molecule has 0 saturated carbocycles. The van der Waals surface area contributed by atoms with Crippen LogP contribution in [0.4, 0.5) is 5.69 Å². The van der Waals surface area contributed by atoms with Gasteiger partial charge >= 0.3 is 0 Å². The molecule has 2 aromatic rings. The van der Waals surface area contributed by atoms with Gasteiger partial charge in [0.25, 0.3) is 5.91 Å². The van der Waals surface area contributed by atoms with Gasteiger partial charge in [-0.25, -0.2) is 0 Å². The van der Waals surface area contributed by atoms with E-state index in [1.165, 1.54) is 0 Å². The van der Waals surface area contributed by atoms with Crippen molar-refractivity contribution in [3.05, 3.63) is 46.0 Å². The van der Waals surface area contributed by atoms with E-state index >= 15 is 0 Å². The molecule has 0 aliphatic rings. The van der Waals surface area contributed by atoms with Crippen molar-refractivity contribution < 1.29 is 4.79 Å². The van der Waals surface area contributed by atoms with Gasteiger partial charge in [0.05, 0.1) is 27.1 Å². The second-order valence-corrected chi connectivity index (χ2v) is 4.86. The number of rotatable bonds is 3. The minimum absolute atomic E-state index is 0.193. The summed E-state index contributed by atoms with van der Waals surface area (Å²) in [6, 6.07) is 3.48. The lowest BCUT2D eigenvalue weighted by Gasteiger charge is -2.09. The molecule has 2 aromatic heterocycles. The molecule has 98 valence electrons. The molecule has 0 aliphatic carbocycles. The van der Waals surface area contributed by atoms with Gasteiger partial charge < -0.3 is 5.32 Å². The predicted molar refractivity (Wildman–Crippen MR) is 76.0 cm³/mol. The van der Waals surface area contributed by atoms with Gasteiger partial charge in [0.1, 0.15) is 0 Å². The van der Waals surface area contributed by atoms with Crippen molar-refractivity contribution in [2.75, 3.05) is 5.32 Å². The fourth-order valence-electron chi connectivity index (χ4n) is 1.64. The fraction of sp³-hybridized carbons (Fsp3) is 0.231. The number of carbonyl (C=O) groups excluding carboxylic acids is 1. The van der Waals surface area contributed by atoms with Crippen LogP contribution in [-0.2, 0) is 6.42 Å². The van der Waals surface area contributed by atoms with E-state index in [0.717, 1.165) is 10.2 Å². The minimum atomic E-state index is -0.193. The van der Waals surface area contributed by atoms with Crippen LogP contribution in [0.2, 0.25) is 0 Å².